The second-order valence-corrected chi connectivity index (χ2v) is 6.99. The average Bonchev–Trinajstić information content (AvgIpc) is 3.23. The number of aryl methyl sites for hydroxylation is 1. The Morgan fingerprint density at radius 2 is 1.72 bits per heavy atom. The molecule has 0 saturated heterocycles. The summed E-state index contributed by atoms with van der Waals surface area (Å²) >= 11 is 1.43. The van der Waals surface area contributed by atoms with Crippen LogP contribution in [0.2, 0.25) is 0 Å². The normalized spacial score (nSPS) is 10.9. The van der Waals surface area contributed by atoms with Gasteiger partial charge in [-0.25, -0.2) is 4.98 Å². The van der Waals surface area contributed by atoms with Crippen LogP contribution in [0.4, 0.5) is 5.69 Å². The van der Waals surface area contributed by atoms with Crippen LogP contribution in [0.1, 0.15) is 10.6 Å². The largest absolute Gasteiger partial charge is 0.493 e. The van der Waals surface area contributed by atoms with Gasteiger partial charge in [0.2, 0.25) is 5.75 Å². The van der Waals surface area contributed by atoms with Crippen molar-refractivity contribution in [3.8, 4) is 34.6 Å². The number of hydrogen-bond acceptors (Lipinski definition) is 7. The van der Waals surface area contributed by atoms with E-state index in [2.05, 4.69) is 16.4 Å². The summed E-state index contributed by atoms with van der Waals surface area (Å²) in [6.07, 6.45) is 1.62. The Balaban J connectivity index is 1.86. The lowest BCUT2D eigenvalue weighted by atomic mass is 10.1. The van der Waals surface area contributed by atoms with Gasteiger partial charge in [-0.2, -0.15) is 5.26 Å². The molecule has 0 spiro atoms. The quantitative estimate of drug-likeness (QED) is 0.548. The van der Waals surface area contributed by atoms with Gasteiger partial charge in [0.15, 0.2) is 11.5 Å². The number of nitrogens with one attached hydrogen (secondary N) is 1. The molecule has 1 aromatic heterocycles. The number of rotatable bonds is 7. The van der Waals surface area contributed by atoms with E-state index < -0.39 is 0 Å². The monoisotopic (exact) mass is 407 g/mol. The molecule has 0 bridgehead atoms. The summed E-state index contributed by atoms with van der Waals surface area (Å²) in [6, 6.07) is 13.9. The average molecular weight is 407 g/mol. The van der Waals surface area contributed by atoms with E-state index in [0.717, 1.165) is 11.3 Å². The predicted octanol–water partition coefficient (Wildman–Crippen LogP) is 5.12. The minimum atomic E-state index is 0.433. The van der Waals surface area contributed by atoms with Crippen LogP contribution in [-0.4, -0.2) is 26.3 Å². The molecular formula is C22H21N3O3S. The second-order valence-electron chi connectivity index (χ2n) is 6.13. The van der Waals surface area contributed by atoms with Crippen LogP contribution in [0.15, 0.2) is 48.0 Å². The van der Waals surface area contributed by atoms with Crippen LogP contribution < -0.4 is 19.5 Å². The van der Waals surface area contributed by atoms with Crippen molar-refractivity contribution in [2.45, 2.75) is 6.92 Å². The first kappa shape index (κ1) is 20.2. The van der Waals surface area contributed by atoms with Gasteiger partial charge in [-0.1, -0.05) is 29.8 Å². The predicted molar refractivity (Wildman–Crippen MR) is 116 cm³/mol. The van der Waals surface area contributed by atoms with Crippen LogP contribution in [0.3, 0.4) is 0 Å². The van der Waals surface area contributed by atoms with E-state index in [1.165, 1.54) is 16.9 Å². The molecule has 0 saturated carbocycles. The zero-order valence-corrected chi connectivity index (χ0v) is 17.5. The van der Waals surface area contributed by atoms with Crippen LogP contribution in [0, 0.1) is 18.3 Å². The van der Waals surface area contributed by atoms with E-state index in [4.69, 9.17) is 14.2 Å². The molecule has 2 aromatic carbocycles. The van der Waals surface area contributed by atoms with Crippen molar-refractivity contribution in [3.05, 3.63) is 58.5 Å². The summed E-state index contributed by atoms with van der Waals surface area (Å²) in [4.78, 5) is 4.61. The molecule has 6 nitrogen and oxygen atoms in total. The lowest BCUT2D eigenvalue weighted by Crippen LogP contribution is -1.98. The number of thiazole rings is 1. The minimum absolute atomic E-state index is 0.433. The first-order chi connectivity index (χ1) is 14.1. The van der Waals surface area contributed by atoms with Crippen molar-refractivity contribution in [1.82, 2.24) is 4.98 Å². The number of aromatic nitrogens is 1. The summed E-state index contributed by atoms with van der Waals surface area (Å²) in [5, 5.41) is 15.3. The fourth-order valence-corrected chi connectivity index (χ4v) is 3.51. The SMILES string of the molecule is COc1cc(N/C=C(\C#N)c2nc(-c3ccc(C)cc3)cs2)cc(OC)c1OC. The number of allylic oxidation sites excluding steroid dienone is 1. The molecule has 3 aromatic rings. The van der Waals surface area contributed by atoms with E-state index in [-0.39, 0.29) is 0 Å². The van der Waals surface area contributed by atoms with Crippen LogP contribution in [0.25, 0.3) is 16.8 Å². The number of nitriles is 1. The van der Waals surface area contributed by atoms with Gasteiger partial charge in [0.1, 0.15) is 16.6 Å². The molecule has 0 radical (unpaired) electrons. The highest BCUT2D eigenvalue weighted by Crippen LogP contribution is 2.40. The molecule has 0 unspecified atom stereocenters. The highest BCUT2D eigenvalue weighted by molar-refractivity contribution is 7.11. The van der Waals surface area contributed by atoms with Gasteiger partial charge in [-0.05, 0) is 6.92 Å². The van der Waals surface area contributed by atoms with E-state index in [0.29, 0.717) is 33.5 Å². The van der Waals surface area contributed by atoms with E-state index in [9.17, 15) is 5.26 Å². The number of nitrogens with zero attached hydrogens (tertiary/aromatic N) is 2. The number of anilines is 1. The molecule has 0 fully saturated rings. The fourth-order valence-electron chi connectivity index (χ4n) is 2.72. The van der Waals surface area contributed by atoms with Gasteiger partial charge in [-0.3, -0.25) is 0 Å². The van der Waals surface area contributed by atoms with Crippen molar-refractivity contribution in [1.29, 1.82) is 5.26 Å². The van der Waals surface area contributed by atoms with Crippen molar-refractivity contribution >= 4 is 22.6 Å². The minimum Gasteiger partial charge on any atom is -0.493 e. The van der Waals surface area contributed by atoms with Crippen LogP contribution in [0.5, 0.6) is 17.2 Å². The molecular weight excluding hydrogens is 386 g/mol. The van der Waals surface area contributed by atoms with Crippen LogP contribution >= 0.6 is 11.3 Å². The van der Waals surface area contributed by atoms with Gasteiger partial charge >= 0.3 is 0 Å². The molecule has 0 aliphatic carbocycles. The Bertz CT molecular complexity index is 1040. The van der Waals surface area contributed by atoms with Gasteiger partial charge in [-0.15, -0.1) is 11.3 Å². The summed E-state index contributed by atoms with van der Waals surface area (Å²) in [7, 11) is 4.66. The van der Waals surface area contributed by atoms with Crippen molar-refractivity contribution in [3.63, 3.8) is 0 Å². The standard InChI is InChI=1S/C22H21N3O3S/c1-14-5-7-15(8-6-14)18-13-29-22(25-18)16(11-23)12-24-17-9-19(26-2)21(28-4)20(10-17)27-3/h5-10,12-13,24H,1-4H3/b16-12+. The maximum atomic E-state index is 9.60. The molecule has 0 amide bonds. The second kappa shape index (κ2) is 9.13. The molecule has 1 heterocycles. The Morgan fingerprint density at radius 1 is 1.07 bits per heavy atom. The summed E-state index contributed by atoms with van der Waals surface area (Å²) in [6.45, 7) is 2.04. The molecule has 0 aliphatic heterocycles. The van der Waals surface area contributed by atoms with E-state index in [1.54, 1.807) is 39.7 Å². The van der Waals surface area contributed by atoms with Crippen molar-refractivity contribution in [2.24, 2.45) is 0 Å². The number of methoxy groups -OCH3 is 3. The Morgan fingerprint density at radius 3 is 2.28 bits per heavy atom. The van der Waals surface area contributed by atoms with Crippen LogP contribution in [-0.2, 0) is 0 Å². The number of hydrogen-bond donors (Lipinski definition) is 1. The summed E-state index contributed by atoms with van der Waals surface area (Å²) < 4.78 is 16.0. The van der Waals surface area contributed by atoms with Crippen molar-refractivity contribution < 1.29 is 14.2 Å². The summed E-state index contributed by atoms with van der Waals surface area (Å²) in [5.41, 5.74) is 4.19. The topological polar surface area (TPSA) is 76.4 Å². The molecule has 1 N–H and O–H groups in total. The first-order valence-electron chi connectivity index (χ1n) is 8.79. The Kier molecular flexibility index (Phi) is 6.37. The van der Waals surface area contributed by atoms with Gasteiger partial charge in [0, 0.05) is 35.0 Å². The molecule has 7 heteroatoms. The number of benzene rings is 2. The maximum absolute atomic E-state index is 9.60. The third kappa shape index (κ3) is 4.50. The zero-order valence-electron chi connectivity index (χ0n) is 16.6. The lowest BCUT2D eigenvalue weighted by molar-refractivity contribution is 0.324. The highest BCUT2D eigenvalue weighted by Gasteiger charge is 2.13. The van der Waals surface area contributed by atoms with Gasteiger partial charge < -0.3 is 19.5 Å². The third-order valence-electron chi connectivity index (χ3n) is 4.25. The molecule has 0 aliphatic rings. The van der Waals surface area contributed by atoms with E-state index in [1.807, 2.05) is 36.6 Å². The zero-order chi connectivity index (χ0) is 20.8. The van der Waals surface area contributed by atoms with Gasteiger partial charge in [0.25, 0.3) is 0 Å². The molecule has 3 rings (SSSR count). The maximum Gasteiger partial charge on any atom is 0.203 e. The Labute approximate surface area is 174 Å². The van der Waals surface area contributed by atoms with Crippen molar-refractivity contribution in [2.75, 3.05) is 26.6 Å². The van der Waals surface area contributed by atoms with E-state index >= 15 is 0 Å². The Hall–Kier alpha value is -3.50. The van der Waals surface area contributed by atoms with Gasteiger partial charge in [0.05, 0.1) is 27.0 Å². The first-order valence-corrected chi connectivity index (χ1v) is 9.67. The fraction of sp³-hybridized carbons (Fsp3) is 0.182. The highest BCUT2D eigenvalue weighted by atomic mass is 32.1. The molecule has 29 heavy (non-hydrogen) atoms. The molecule has 0 atom stereocenters. The number of ether oxygens (including phenoxy) is 3. The smallest absolute Gasteiger partial charge is 0.203 e. The lowest BCUT2D eigenvalue weighted by Gasteiger charge is -2.14. The summed E-state index contributed by atoms with van der Waals surface area (Å²) in [5.74, 6) is 1.56. The third-order valence-corrected chi connectivity index (χ3v) is 5.13. The molecule has 148 valence electrons.